The van der Waals surface area contributed by atoms with Crippen molar-refractivity contribution in [2.45, 2.75) is 32.7 Å². The van der Waals surface area contributed by atoms with Crippen LogP contribution in [0.2, 0.25) is 0 Å². The zero-order valence-electron chi connectivity index (χ0n) is 10.4. The van der Waals surface area contributed by atoms with Gasteiger partial charge >= 0.3 is 0 Å². The number of nitrogens with two attached hydrogens (primary N) is 1. The van der Waals surface area contributed by atoms with E-state index in [2.05, 4.69) is 41.6 Å². The van der Waals surface area contributed by atoms with Crippen LogP contribution in [0.25, 0.3) is 11.0 Å². The van der Waals surface area contributed by atoms with E-state index in [0.717, 1.165) is 23.3 Å². The summed E-state index contributed by atoms with van der Waals surface area (Å²) in [4.78, 5) is 4.65. The summed E-state index contributed by atoms with van der Waals surface area (Å²) in [6.45, 7) is 6.20. The minimum absolute atomic E-state index is 0.359. The zero-order chi connectivity index (χ0) is 11.9. The maximum absolute atomic E-state index is 6.26. The van der Waals surface area contributed by atoms with Crippen LogP contribution in [0.1, 0.15) is 31.7 Å². The monoisotopic (exact) mass is 217 g/mol. The molecule has 16 heavy (non-hydrogen) atoms. The zero-order valence-corrected chi connectivity index (χ0v) is 10.4. The van der Waals surface area contributed by atoms with Crippen LogP contribution < -0.4 is 5.73 Å². The maximum atomic E-state index is 6.26. The van der Waals surface area contributed by atoms with Gasteiger partial charge in [0, 0.05) is 7.05 Å². The normalized spacial score (nSPS) is 15.3. The predicted octanol–water partition coefficient (Wildman–Crippen LogP) is 2.47. The molecular formula is C13H19N3. The van der Waals surface area contributed by atoms with Crippen molar-refractivity contribution in [2.24, 2.45) is 12.8 Å². The summed E-state index contributed by atoms with van der Waals surface area (Å²) < 4.78 is 2.10. The molecule has 1 aromatic carbocycles. The van der Waals surface area contributed by atoms with Crippen LogP contribution in [0.15, 0.2) is 18.2 Å². The quantitative estimate of drug-likeness (QED) is 0.839. The molecule has 0 aliphatic carbocycles. The Labute approximate surface area is 96.3 Å². The molecule has 1 unspecified atom stereocenters. The van der Waals surface area contributed by atoms with Gasteiger partial charge in [-0.05, 0) is 38.0 Å². The SMILES string of the molecule is CCC(C)(N)c1nc2cc(C)ccc2n1C. The van der Waals surface area contributed by atoms with Gasteiger partial charge in [-0.3, -0.25) is 0 Å². The Bertz CT molecular complexity index is 523. The number of hydrogen-bond acceptors (Lipinski definition) is 2. The second kappa shape index (κ2) is 3.59. The first-order valence-corrected chi connectivity index (χ1v) is 5.68. The van der Waals surface area contributed by atoms with Crippen LogP contribution in [0.5, 0.6) is 0 Å². The van der Waals surface area contributed by atoms with E-state index in [1.165, 1.54) is 5.56 Å². The van der Waals surface area contributed by atoms with Gasteiger partial charge in [-0.25, -0.2) is 4.98 Å². The first-order chi connectivity index (χ1) is 7.45. The van der Waals surface area contributed by atoms with Gasteiger partial charge in [0.05, 0.1) is 16.6 Å². The molecule has 3 heteroatoms. The Morgan fingerprint density at radius 3 is 2.75 bits per heavy atom. The third kappa shape index (κ3) is 1.61. The van der Waals surface area contributed by atoms with E-state index in [1.54, 1.807) is 0 Å². The lowest BCUT2D eigenvalue weighted by Gasteiger charge is -2.21. The van der Waals surface area contributed by atoms with E-state index in [0.29, 0.717) is 0 Å². The van der Waals surface area contributed by atoms with E-state index in [-0.39, 0.29) is 5.54 Å². The molecule has 86 valence electrons. The first kappa shape index (κ1) is 11.1. The van der Waals surface area contributed by atoms with Gasteiger partial charge in [-0.1, -0.05) is 13.0 Å². The van der Waals surface area contributed by atoms with Crippen molar-refractivity contribution in [3.8, 4) is 0 Å². The van der Waals surface area contributed by atoms with Crippen LogP contribution in [-0.2, 0) is 12.6 Å². The summed E-state index contributed by atoms with van der Waals surface area (Å²) in [7, 11) is 2.03. The number of benzene rings is 1. The Morgan fingerprint density at radius 1 is 1.44 bits per heavy atom. The van der Waals surface area contributed by atoms with Crippen molar-refractivity contribution in [1.82, 2.24) is 9.55 Å². The Balaban J connectivity index is 2.69. The number of hydrogen-bond donors (Lipinski definition) is 1. The van der Waals surface area contributed by atoms with Crippen molar-refractivity contribution in [1.29, 1.82) is 0 Å². The lowest BCUT2D eigenvalue weighted by atomic mass is 10.00. The second-order valence-electron chi connectivity index (χ2n) is 4.76. The van der Waals surface area contributed by atoms with E-state index in [9.17, 15) is 0 Å². The van der Waals surface area contributed by atoms with Crippen molar-refractivity contribution in [2.75, 3.05) is 0 Å². The summed E-state index contributed by atoms with van der Waals surface area (Å²) in [5.74, 6) is 0.954. The molecule has 0 amide bonds. The van der Waals surface area contributed by atoms with Crippen LogP contribution >= 0.6 is 0 Å². The molecule has 0 aliphatic heterocycles. The van der Waals surface area contributed by atoms with Crippen molar-refractivity contribution < 1.29 is 0 Å². The first-order valence-electron chi connectivity index (χ1n) is 5.68. The van der Waals surface area contributed by atoms with Gasteiger partial charge in [0.2, 0.25) is 0 Å². The highest BCUT2D eigenvalue weighted by atomic mass is 15.1. The average molecular weight is 217 g/mol. The molecule has 2 N–H and O–H groups in total. The lowest BCUT2D eigenvalue weighted by molar-refractivity contribution is 0.434. The number of rotatable bonds is 2. The molecular weight excluding hydrogens is 198 g/mol. The minimum atomic E-state index is -0.359. The van der Waals surface area contributed by atoms with E-state index in [4.69, 9.17) is 5.73 Å². The predicted molar refractivity (Wildman–Crippen MR) is 67.3 cm³/mol. The largest absolute Gasteiger partial charge is 0.330 e. The van der Waals surface area contributed by atoms with Gasteiger partial charge in [0.25, 0.3) is 0 Å². The topological polar surface area (TPSA) is 43.8 Å². The Hall–Kier alpha value is -1.35. The second-order valence-corrected chi connectivity index (χ2v) is 4.76. The molecule has 3 nitrogen and oxygen atoms in total. The molecule has 2 aromatic rings. The van der Waals surface area contributed by atoms with E-state index in [1.807, 2.05) is 14.0 Å². The number of aromatic nitrogens is 2. The molecule has 1 heterocycles. The number of imidazole rings is 1. The maximum Gasteiger partial charge on any atom is 0.129 e. The lowest BCUT2D eigenvalue weighted by Crippen LogP contribution is -2.35. The van der Waals surface area contributed by atoms with Crippen molar-refractivity contribution in [3.63, 3.8) is 0 Å². The summed E-state index contributed by atoms with van der Waals surface area (Å²) in [5, 5.41) is 0. The van der Waals surface area contributed by atoms with E-state index >= 15 is 0 Å². The molecule has 0 spiro atoms. The molecule has 0 saturated carbocycles. The van der Waals surface area contributed by atoms with Gasteiger partial charge in [0.15, 0.2) is 0 Å². The van der Waals surface area contributed by atoms with Crippen molar-refractivity contribution in [3.05, 3.63) is 29.6 Å². The summed E-state index contributed by atoms with van der Waals surface area (Å²) in [6, 6.07) is 6.31. The fourth-order valence-corrected chi connectivity index (χ4v) is 1.98. The summed E-state index contributed by atoms with van der Waals surface area (Å²) in [6.07, 6.45) is 0.878. The molecule has 2 rings (SSSR count). The van der Waals surface area contributed by atoms with Crippen LogP contribution in [0, 0.1) is 6.92 Å². The van der Waals surface area contributed by atoms with Crippen LogP contribution in [0.3, 0.4) is 0 Å². The van der Waals surface area contributed by atoms with Crippen LogP contribution in [-0.4, -0.2) is 9.55 Å². The molecule has 1 aromatic heterocycles. The van der Waals surface area contributed by atoms with Gasteiger partial charge in [0.1, 0.15) is 5.82 Å². The van der Waals surface area contributed by atoms with E-state index < -0.39 is 0 Å². The average Bonchev–Trinajstić information content (AvgIpc) is 2.56. The van der Waals surface area contributed by atoms with Gasteiger partial charge in [-0.15, -0.1) is 0 Å². The number of fused-ring (bicyclic) bond motifs is 1. The highest BCUT2D eigenvalue weighted by Gasteiger charge is 2.24. The molecule has 0 fully saturated rings. The Kier molecular flexibility index (Phi) is 2.50. The number of aryl methyl sites for hydroxylation is 2. The standard InChI is InChI=1S/C13H19N3/c1-5-13(3,14)12-15-10-8-9(2)6-7-11(10)16(12)4/h6-8H,5,14H2,1-4H3. The highest BCUT2D eigenvalue weighted by molar-refractivity contribution is 5.77. The highest BCUT2D eigenvalue weighted by Crippen LogP contribution is 2.24. The number of nitrogens with zero attached hydrogens (tertiary/aromatic N) is 2. The molecule has 1 atom stereocenters. The smallest absolute Gasteiger partial charge is 0.129 e. The summed E-state index contributed by atoms with van der Waals surface area (Å²) in [5.41, 5.74) is 9.30. The van der Waals surface area contributed by atoms with Gasteiger partial charge in [-0.2, -0.15) is 0 Å². The molecule has 0 bridgehead atoms. The fraction of sp³-hybridized carbons (Fsp3) is 0.462. The third-order valence-corrected chi connectivity index (χ3v) is 3.28. The van der Waals surface area contributed by atoms with Gasteiger partial charge < -0.3 is 10.3 Å². The molecule has 0 saturated heterocycles. The third-order valence-electron chi connectivity index (χ3n) is 3.28. The Morgan fingerprint density at radius 2 is 2.12 bits per heavy atom. The molecule has 0 radical (unpaired) electrons. The summed E-state index contributed by atoms with van der Waals surface area (Å²) >= 11 is 0. The minimum Gasteiger partial charge on any atom is -0.330 e. The molecule has 0 aliphatic rings. The van der Waals surface area contributed by atoms with Crippen LogP contribution in [0.4, 0.5) is 0 Å². The fourth-order valence-electron chi connectivity index (χ4n) is 1.98. The van der Waals surface area contributed by atoms with Crippen molar-refractivity contribution >= 4 is 11.0 Å².